The zero-order valence-electron chi connectivity index (χ0n) is 30.0. The molecule has 0 radical (unpaired) electrons. The van der Waals surface area contributed by atoms with Gasteiger partial charge in [0.05, 0.1) is 42.6 Å². The van der Waals surface area contributed by atoms with E-state index in [4.69, 9.17) is 34.2 Å². The van der Waals surface area contributed by atoms with E-state index in [1.165, 1.54) is 44.2 Å². The average molecular weight is 773 g/mol. The van der Waals surface area contributed by atoms with Crippen molar-refractivity contribution in [1.82, 2.24) is 15.8 Å². The summed E-state index contributed by atoms with van der Waals surface area (Å²) in [5, 5.41) is 35.8. The lowest BCUT2D eigenvalue weighted by Gasteiger charge is -2.43. The Morgan fingerprint density at radius 1 is 1.07 bits per heavy atom. The summed E-state index contributed by atoms with van der Waals surface area (Å²) in [7, 11) is 2.87. The molecule has 0 unspecified atom stereocenters. The third-order valence-corrected chi connectivity index (χ3v) is 11.7. The number of hydrazine groups is 1. The molecule has 3 fully saturated rings. The van der Waals surface area contributed by atoms with Crippen molar-refractivity contribution in [2.24, 2.45) is 5.73 Å². The monoisotopic (exact) mass is 772 g/mol. The fourth-order valence-electron chi connectivity index (χ4n) is 8.16. The number of amides is 2. The van der Waals surface area contributed by atoms with E-state index in [2.05, 4.69) is 15.8 Å². The van der Waals surface area contributed by atoms with Crippen molar-refractivity contribution in [2.75, 3.05) is 45.4 Å². The normalized spacial score (nSPS) is 30.1. The lowest BCUT2D eigenvalue weighted by Crippen LogP contribution is -2.57. The van der Waals surface area contributed by atoms with E-state index in [0.29, 0.717) is 31.2 Å². The molecule has 292 valence electrons. The smallest absolute Gasteiger partial charge is 0.270 e. The second kappa shape index (κ2) is 15.4. The van der Waals surface area contributed by atoms with E-state index in [0.717, 1.165) is 0 Å². The molecule has 0 bridgehead atoms. The fourth-order valence-corrected chi connectivity index (χ4v) is 8.86. The maximum absolute atomic E-state index is 14.1. The number of phenols is 2. The summed E-state index contributed by atoms with van der Waals surface area (Å²) in [5.41, 5.74) is 6.38. The molecule has 54 heavy (non-hydrogen) atoms. The van der Waals surface area contributed by atoms with Gasteiger partial charge in [-0.25, -0.2) is 0 Å². The minimum absolute atomic E-state index is 0.0551. The van der Waals surface area contributed by atoms with E-state index in [1.54, 1.807) is 0 Å². The van der Waals surface area contributed by atoms with Crippen LogP contribution in [0, 0.1) is 0 Å². The van der Waals surface area contributed by atoms with Crippen LogP contribution in [0.1, 0.15) is 75.3 Å². The van der Waals surface area contributed by atoms with Gasteiger partial charge in [0.25, 0.3) is 5.91 Å². The largest absolute Gasteiger partial charge is 0.507 e. The number of aliphatic hydroxyl groups is 1. The maximum atomic E-state index is 14.1. The van der Waals surface area contributed by atoms with Crippen molar-refractivity contribution in [2.45, 2.75) is 81.4 Å². The van der Waals surface area contributed by atoms with Crippen molar-refractivity contribution in [1.29, 1.82) is 0 Å². The fraction of sp³-hybridized carbons (Fsp3) is 0.556. The molecule has 5 aliphatic rings. The Labute approximate surface area is 314 Å². The number of hydrogen-bond acceptors (Lipinski definition) is 16. The number of ether oxygens (including phenoxy) is 6. The van der Waals surface area contributed by atoms with Crippen LogP contribution in [0.5, 0.6) is 17.2 Å². The lowest BCUT2D eigenvalue weighted by molar-refractivity contribution is -0.256. The van der Waals surface area contributed by atoms with Gasteiger partial charge >= 0.3 is 0 Å². The van der Waals surface area contributed by atoms with E-state index >= 15 is 0 Å². The predicted octanol–water partition coefficient (Wildman–Crippen LogP) is 0.379. The van der Waals surface area contributed by atoms with Crippen LogP contribution in [0.15, 0.2) is 18.2 Å². The third-order valence-electron chi connectivity index (χ3n) is 10.7. The molecule has 0 aromatic heterocycles. The Kier molecular flexibility index (Phi) is 10.9. The zero-order chi connectivity index (χ0) is 38.5. The molecule has 2 aromatic rings. The number of thioether (sulfide) groups is 1. The summed E-state index contributed by atoms with van der Waals surface area (Å²) >= 11 is 1.47. The van der Waals surface area contributed by atoms with Crippen molar-refractivity contribution in [3.63, 3.8) is 0 Å². The molecule has 18 heteroatoms. The number of phenolic OH excluding ortho intramolecular Hbond substituents is 2. The highest BCUT2D eigenvalue weighted by Gasteiger charge is 2.55. The van der Waals surface area contributed by atoms with Crippen molar-refractivity contribution in [3.8, 4) is 17.2 Å². The Morgan fingerprint density at radius 2 is 1.85 bits per heavy atom. The number of nitrogens with one attached hydrogen (secondary N) is 2. The molecule has 0 saturated carbocycles. The molecular weight excluding hydrogens is 728 g/mol. The quantitative estimate of drug-likeness (QED) is 0.0928. The van der Waals surface area contributed by atoms with Crippen LogP contribution < -0.4 is 21.3 Å². The number of carbonyl (C=O) groups is 4. The molecule has 2 aliphatic carbocycles. The van der Waals surface area contributed by atoms with Gasteiger partial charge < -0.3 is 49.5 Å². The molecule has 7 rings (SSSR count). The van der Waals surface area contributed by atoms with Crippen LogP contribution in [0.25, 0.3) is 0 Å². The predicted molar refractivity (Wildman–Crippen MR) is 189 cm³/mol. The number of hydrogen-bond donors (Lipinski definition) is 6. The number of morpholine rings is 1. The number of fused-ring (bicyclic) bond motifs is 6. The average Bonchev–Trinajstić information content (AvgIpc) is 3.55. The summed E-state index contributed by atoms with van der Waals surface area (Å²) in [6, 6.07) is 4.21. The van der Waals surface area contributed by atoms with Crippen molar-refractivity contribution >= 4 is 35.1 Å². The van der Waals surface area contributed by atoms with E-state index < -0.39 is 95.5 Å². The Hall–Kier alpha value is -3.85. The van der Waals surface area contributed by atoms with E-state index in [9.17, 15) is 34.5 Å². The number of ketones is 2. The summed E-state index contributed by atoms with van der Waals surface area (Å²) in [6.07, 6.45) is -5.10. The number of methoxy groups -OCH3 is 2. The first-order chi connectivity index (χ1) is 25.9. The number of aromatic hydroxyl groups is 2. The molecule has 7 N–H and O–H groups in total. The third kappa shape index (κ3) is 6.62. The van der Waals surface area contributed by atoms with Gasteiger partial charge in [-0.2, -0.15) is 11.8 Å². The minimum Gasteiger partial charge on any atom is -0.507 e. The van der Waals surface area contributed by atoms with Crippen LogP contribution in [0.3, 0.4) is 0 Å². The number of nitrogens with zero attached hydrogens (tertiary/aromatic N) is 1. The first-order valence-corrected chi connectivity index (χ1v) is 18.9. The second-order valence-corrected chi connectivity index (χ2v) is 15.1. The molecule has 17 nitrogen and oxygen atoms in total. The van der Waals surface area contributed by atoms with Crippen molar-refractivity contribution < 1.29 is 62.9 Å². The summed E-state index contributed by atoms with van der Waals surface area (Å²) < 4.78 is 35.7. The van der Waals surface area contributed by atoms with Crippen LogP contribution in [-0.2, 0) is 39.7 Å². The number of carbonyl (C=O) groups excluding carboxylic acids is 4. The summed E-state index contributed by atoms with van der Waals surface area (Å²) in [5.74, 6) is -3.21. The molecule has 0 spiro atoms. The summed E-state index contributed by atoms with van der Waals surface area (Å²) in [6.45, 7) is 3.23. The van der Waals surface area contributed by atoms with E-state index in [-0.39, 0.29) is 53.0 Å². The van der Waals surface area contributed by atoms with Gasteiger partial charge in [-0.3, -0.25) is 34.9 Å². The minimum atomic E-state index is -2.35. The molecule has 2 amide bonds. The zero-order valence-corrected chi connectivity index (χ0v) is 30.8. The Morgan fingerprint density at radius 3 is 2.59 bits per heavy atom. The van der Waals surface area contributed by atoms with E-state index in [1.807, 2.05) is 6.92 Å². The van der Waals surface area contributed by atoms with Gasteiger partial charge in [-0.05, 0) is 13.0 Å². The Bertz CT molecular complexity index is 1850. The van der Waals surface area contributed by atoms with Gasteiger partial charge in [-0.1, -0.05) is 12.1 Å². The highest BCUT2D eigenvalue weighted by Crippen LogP contribution is 2.53. The van der Waals surface area contributed by atoms with Crippen LogP contribution >= 0.6 is 11.8 Å². The van der Waals surface area contributed by atoms with Gasteiger partial charge in [0.1, 0.15) is 23.4 Å². The molecule has 3 aliphatic heterocycles. The van der Waals surface area contributed by atoms with Crippen LogP contribution in [0.2, 0.25) is 0 Å². The molecular formula is C36H44N4O13S. The molecule has 3 heterocycles. The SMILES string of the molecule is COc1cccc2c1C(=O)c1c(O)c3c(c(O)c1C2=O)C[C@@](O)(C(=O)NNC(=O)CCSCCN)C[C@@H]3O[C@H]1C[C@H]2[C@H](O[C@@H]3[C@@H](OC)OCCN32)[C@H](C)O1. The summed E-state index contributed by atoms with van der Waals surface area (Å²) in [4.78, 5) is 56.3. The topological polar surface area (TPSA) is 238 Å². The number of rotatable bonds is 10. The first kappa shape index (κ1) is 38.4. The van der Waals surface area contributed by atoms with Gasteiger partial charge in [0.2, 0.25) is 11.7 Å². The molecule has 3 saturated heterocycles. The number of nitrogens with two attached hydrogens (primary N) is 1. The second-order valence-electron chi connectivity index (χ2n) is 13.8. The number of benzene rings is 2. The first-order valence-electron chi connectivity index (χ1n) is 17.7. The van der Waals surface area contributed by atoms with Crippen LogP contribution in [-0.4, -0.2) is 132 Å². The van der Waals surface area contributed by atoms with Gasteiger partial charge in [0.15, 0.2) is 30.2 Å². The lowest BCUT2D eigenvalue weighted by atomic mass is 9.72. The van der Waals surface area contributed by atoms with Gasteiger partial charge in [0, 0.05) is 80.1 Å². The maximum Gasteiger partial charge on any atom is 0.270 e. The van der Waals surface area contributed by atoms with Crippen LogP contribution in [0.4, 0.5) is 0 Å². The van der Waals surface area contributed by atoms with Gasteiger partial charge in [-0.15, -0.1) is 0 Å². The highest BCUT2D eigenvalue weighted by molar-refractivity contribution is 7.99. The molecule has 2 aromatic carbocycles. The molecule has 8 atom stereocenters. The highest BCUT2D eigenvalue weighted by atomic mass is 32.2. The standard InChI is InChI=1S/C36H44N4O13S/c1-16-32-19(40-9-10-50-34(49-3)33(40)53-32)13-23(51-16)52-21-15-36(47,35(46)39-38-22(41)7-11-54-12-8-37)14-18-25(21)31(45)27-26(29(18)43)28(42)17-5-4-6-20(48-2)24(17)30(27)44/h4-6,16,19,21,23,32-34,43,45,47H,7-15,37H2,1-3H3,(H,38,41)(H,39,46)/t16-,19-,21-,23-,32+,33+,34-,36-/m0/s1. The Balaban J connectivity index is 1.23. The van der Waals surface area contributed by atoms with Crippen molar-refractivity contribution in [3.05, 3.63) is 51.6 Å².